The third-order valence-electron chi connectivity index (χ3n) is 2.82. The number of benzene rings is 2. The topological polar surface area (TPSA) is 17.1 Å². The number of Topliss-reactive ketones (excluding diaryl/α,β-unsaturated/α-hetero) is 1. The van der Waals surface area contributed by atoms with Crippen LogP contribution < -0.4 is 0 Å². The third-order valence-corrected chi connectivity index (χ3v) is 6.06. The van der Waals surface area contributed by atoms with Crippen molar-refractivity contribution in [2.75, 3.05) is 0 Å². The predicted molar refractivity (Wildman–Crippen MR) is 89.3 cm³/mol. The van der Waals surface area contributed by atoms with E-state index in [1.807, 2.05) is 12.1 Å². The zero-order valence-electron chi connectivity index (χ0n) is 10.2. The summed E-state index contributed by atoms with van der Waals surface area (Å²) in [5.74, 6) is -0.317. The van der Waals surface area contributed by atoms with Gasteiger partial charge in [-0.25, -0.2) is 4.39 Å². The average molecular weight is 465 g/mol. The molecule has 0 fully saturated rings. The van der Waals surface area contributed by atoms with E-state index in [2.05, 4.69) is 47.8 Å². The first kappa shape index (κ1) is 15.9. The van der Waals surface area contributed by atoms with Gasteiger partial charge in [0.15, 0.2) is 5.78 Å². The standard InChI is InChI=1S/C15H10Br3FO/c16-11-5-1-10(2-6-11)15(20)14(18)13(17)9-3-7-12(19)8-4-9/h1-8,13-14H. The van der Waals surface area contributed by atoms with Crippen molar-refractivity contribution in [3.05, 3.63) is 69.9 Å². The van der Waals surface area contributed by atoms with Crippen LogP contribution in [0.5, 0.6) is 0 Å². The van der Waals surface area contributed by atoms with Crippen molar-refractivity contribution in [1.82, 2.24) is 0 Å². The minimum Gasteiger partial charge on any atom is -0.293 e. The van der Waals surface area contributed by atoms with Crippen molar-refractivity contribution in [3.63, 3.8) is 0 Å². The molecule has 0 aliphatic rings. The summed E-state index contributed by atoms with van der Waals surface area (Å²) in [7, 11) is 0. The van der Waals surface area contributed by atoms with Crippen molar-refractivity contribution in [1.29, 1.82) is 0 Å². The zero-order valence-corrected chi connectivity index (χ0v) is 15.0. The molecule has 0 radical (unpaired) electrons. The monoisotopic (exact) mass is 462 g/mol. The summed E-state index contributed by atoms with van der Waals surface area (Å²) in [6.07, 6.45) is 0. The molecule has 20 heavy (non-hydrogen) atoms. The Kier molecular flexibility index (Phi) is 5.52. The van der Waals surface area contributed by atoms with E-state index in [1.165, 1.54) is 12.1 Å². The van der Waals surface area contributed by atoms with E-state index in [-0.39, 0.29) is 16.4 Å². The van der Waals surface area contributed by atoms with E-state index in [1.54, 1.807) is 24.3 Å². The van der Waals surface area contributed by atoms with Crippen LogP contribution in [0.25, 0.3) is 0 Å². The SMILES string of the molecule is O=C(c1ccc(Br)cc1)C(Br)C(Br)c1ccc(F)cc1. The summed E-state index contributed by atoms with van der Waals surface area (Å²) < 4.78 is 13.8. The normalized spacial score (nSPS) is 13.8. The van der Waals surface area contributed by atoms with Gasteiger partial charge in [0, 0.05) is 10.0 Å². The van der Waals surface area contributed by atoms with Crippen LogP contribution in [0.15, 0.2) is 53.0 Å². The maximum Gasteiger partial charge on any atom is 0.177 e. The molecule has 1 nitrogen and oxygen atoms in total. The Morgan fingerprint density at radius 3 is 2.05 bits per heavy atom. The van der Waals surface area contributed by atoms with Crippen molar-refractivity contribution < 1.29 is 9.18 Å². The molecule has 0 amide bonds. The summed E-state index contributed by atoms with van der Waals surface area (Å²) in [5, 5.41) is 0. The lowest BCUT2D eigenvalue weighted by Gasteiger charge is -2.16. The van der Waals surface area contributed by atoms with E-state index < -0.39 is 4.83 Å². The lowest BCUT2D eigenvalue weighted by molar-refractivity contribution is 0.0991. The maximum atomic E-state index is 12.9. The van der Waals surface area contributed by atoms with Gasteiger partial charge in [0.2, 0.25) is 0 Å². The molecule has 0 bridgehead atoms. The highest BCUT2D eigenvalue weighted by Crippen LogP contribution is 2.33. The number of carbonyl (C=O) groups is 1. The summed E-state index contributed by atoms with van der Waals surface area (Å²) in [6, 6.07) is 13.3. The van der Waals surface area contributed by atoms with Gasteiger partial charge in [0.25, 0.3) is 0 Å². The lowest BCUT2D eigenvalue weighted by Crippen LogP contribution is -2.19. The summed E-state index contributed by atoms with van der Waals surface area (Å²) in [5.41, 5.74) is 1.47. The molecule has 2 aromatic carbocycles. The van der Waals surface area contributed by atoms with Crippen molar-refractivity contribution in [2.45, 2.75) is 9.65 Å². The van der Waals surface area contributed by atoms with Crippen LogP contribution >= 0.6 is 47.8 Å². The molecule has 2 aromatic rings. The molecule has 0 aromatic heterocycles. The molecule has 104 valence electrons. The summed E-state index contributed by atoms with van der Waals surface area (Å²) in [4.78, 5) is 11.7. The van der Waals surface area contributed by atoms with Gasteiger partial charge in [0.05, 0.1) is 9.65 Å². The molecule has 0 aliphatic carbocycles. The highest BCUT2D eigenvalue weighted by molar-refractivity contribution is 9.12. The molecule has 5 heteroatoms. The van der Waals surface area contributed by atoms with Gasteiger partial charge in [0.1, 0.15) is 5.82 Å². The molecule has 2 unspecified atom stereocenters. The molecule has 0 saturated carbocycles. The first-order chi connectivity index (χ1) is 9.49. The highest BCUT2D eigenvalue weighted by Gasteiger charge is 2.25. The van der Waals surface area contributed by atoms with Crippen molar-refractivity contribution in [3.8, 4) is 0 Å². The first-order valence-corrected chi connectivity index (χ1v) is 8.45. The highest BCUT2D eigenvalue weighted by atomic mass is 79.9. The number of ketones is 1. The van der Waals surface area contributed by atoms with Crippen LogP contribution in [0.2, 0.25) is 0 Å². The molecule has 0 saturated heterocycles. The average Bonchev–Trinajstić information content (AvgIpc) is 2.46. The van der Waals surface area contributed by atoms with Gasteiger partial charge < -0.3 is 0 Å². The number of carbonyl (C=O) groups excluding carboxylic acids is 1. The van der Waals surface area contributed by atoms with Gasteiger partial charge in [-0.05, 0) is 29.8 Å². The second-order valence-electron chi connectivity index (χ2n) is 4.23. The Morgan fingerprint density at radius 2 is 1.50 bits per heavy atom. The van der Waals surface area contributed by atoms with Gasteiger partial charge >= 0.3 is 0 Å². The van der Waals surface area contributed by atoms with Crippen LogP contribution in [-0.2, 0) is 0 Å². The number of rotatable bonds is 4. The Morgan fingerprint density at radius 1 is 0.950 bits per heavy atom. The number of hydrogen-bond acceptors (Lipinski definition) is 1. The fourth-order valence-electron chi connectivity index (χ4n) is 1.72. The van der Waals surface area contributed by atoms with Crippen LogP contribution in [0, 0.1) is 5.82 Å². The number of halogens is 4. The molecular weight excluding hydrogens is 455 g/mol. The number of alkyl halides is 2. The van der Waals surface area contributed by atoms with Crippen molar-refractivity contribution in [2.24, 2.45) is 0 Å². The molecule has 2 atom stereocenters. The largest absolute Gasteiger partial charge is 0.293 e. The quantitative estimate of drug-likeness (QED) is 0.421. The van der Waals surface area contributed by atoms with Gasteiger partial charge in [-0.15, -0.1) is 0 Å². The first-order valence-electron chi connectivity index (χ1n) is 5.82. The molecule has 0 aliphatic heterocycles. The minimum absolute atomic E-state index is 0.0244. The molecule has 0 N–H and O–H groups in total. The lowest BCUT2D eigenvalue weighted by atomic mass is 10.0. The second-order valence-corrected chi connectivity index (χ2v) is 7.11. The molecular formula is C15H10Br3FO. The zero-order chi connectivity index (χ0) is 14.7. The Bertz CT molecular complexity index is 596. The van der Waals surface area contributed by atoms with Crippen LogP contribution in [0.3, 0.4) is 0 Å². The Balaban J connectivity index is 2.17. The Labute approximate surface area is 142 Å². The van der Waals surface area contributed by atoms with Crippen LogP contribution in [0.1, 0.15) is 20.7 Å². The molecule has 0 heterocycles. The summed E-state index contributed by atoms with van der Waals surface area (Å²) >= 11 is 10.2. The van der Waals surface area contributed by atoms with Crippen molar-refractivity contribution >= 4 is 53.6 Å². The Hall–Kier alpha value is -0.520. The van der Waals surface area contributed by atoms with E-state index in [4.69, 9.17) is 0 Å². The van der Waals surface area contributed by atoms with E-state index in [0.717, 1.165) is 10.0 Å². The third kappa shape index (κ3) is 3.77. The van der Waals surface area contributed by atoms with E-state index in [9.17, 15) is 9.18 Å². The molecule has 2 rings (SSSR count). The maximum absolute atomic E-state index is 12.9. The van der Waals surface area contributed by atoms with Crippen LogP contribution in [-0.4, -0.2) is 10.6 Å². The fraction of sp³-hybridized carbons (Fsp3) is 0.133. The fourth-order valence-corrected chi connectivity index (χ4v) is 3.10. The van der Waals surface area contributed by atoms with Gasteiger partial charge in [-0.3, -0.25) is 4.79 Å². The van der Waals surface area contributed by atoms with E-state index >= 15 is 0 Å². The molecule has 0 spiro atoms. The van der Waals surface area contributed by atoms with Crippen LogP contribution in [0.4, 0.5) is 4.39 Å². The smallest absolute Gasteiger partial charge is 0.177 e. The van der Waals surface area contributed by atoms with E-state index in [0.29, 0.717) is 5.56 Å². The second kappa shape index (κ2) is 6.96. The van der Waals surface area contributed by atoms with Gasteiger partial charge in [-0.1, -0.05) is 72.1 Å². The summed E-state index contributed by atoms with van der Waals surface area (Å²) in [6.45, 7) is 0. The minimum atomic E-state index is -0.422. The predicted octanol–water partition coefficient (Wildman–Crippen LogP) is 5.67. The van der Waals surface area contributed by atoms with Gasteiger partial charge in [-0.2, -0.15) is 0 Å². The number of hydrogen-bond donors (Lipinski definition) is 0.